The van der Waals surface area contributed by atoms with Crippen molar-refractivity contribution in [3.8, 4) is 0 Å². The summed E-state index contributed by atoms with van der Waals surface area (Å²) in [5.74, 6) is -0.488. The number of hydrogen-bond donors (Lipinski definition) is 0. The van der Waals surface area contributed by atoms with Crippen molar-refractivity contribution in [2.45, 2.75) is 46.5 Å². The highest BCUT2D eigenvalue weighted by atomic mass is 31.2. The number of esters is 1. The van der Waals surface area contributed by atoms with Gasteiger partial charge in [-0.1, -0.05) is 63.2 Å². The molecule has 6 heteroatoms. The summed E-state index contributed by atoms with van der Waals surface area (Å²) in [4.78, 5) is 25.8. The van der Waals surface area contributed by atoms with Crippen LogP contribution in [0.2, 0.25) is 0 Å². The van der Waals surface area contributed by atoms with Crippen molar-refractivity contribution in [1.29, 1.82) is 0 Å². The number of benzene rings is 2. The van der Waals surface area contributed by atoms with Gasteiger partial charge in [-0.25, -0.2) is 0 Å². The number of rotatable bonds is 9. The maximum Gasteiger partial charge on any atom is 0.306 e. The molecule has 0 aliphatic rings. The zero-order valence-electron chi connectivity index (χ0n) is 19.4. The number of carbonyl (C=O) groups is 2. The molecule has 2 aromatic carbocycles. The number of hydrogen-bond acceptors (Lipinski definition) is 5. The molecule has 2 aromatic rings. The zero-order valence-corrected chi connectivity index (χ0v) is 20.3. The van der Waals surface area contributed by atoms with Crippen molar-refractivity contribution >= 4 is 23.9 Å². The van der Waals surface area contributed by atoms with Crippen molar-refractivity contribution in [3.63, 3.8) is 0 Å². The van der Waals surface area contributed by atoms with E-state index in [9.17, 15) is 14.2 Å². The Kier molecular flexibility index (Phi) is 8.39. The van der Waals surface area contributed by atoms with Crippen LogP contribution in [0.5, 0.6) is 0 Å². The van der Waals surface area contributed by atoms with Crippen LogP contribution in [0.15, 0.2) is 42.5 Å². The zero-order chi connectivity index (χ0) is 23.2. The van der Waals surface area contributed by atoms with Gasteiger partial charge < -0.3 is 14.0 Å². The normalized spacial score (nSPS) is 13.5. The molecule has 0 saturated heterocycles. The van der Waals surface area contributed by atoms with Crippen LogP contribution in [0.25, 0.3) is 0 Å². The minimum absolute atomic E-state index is 0.0633. The molecule has 2 rings (SSSR count). The highest BCUT2D eigenvalue weighted by Gasteiger charge is 2.37. The van der Waals surface area contributed by atoms with Crippen LogP contribution >= 0.6 is 7.14 Å². The highest BCUT2D eigenvalue weighted by molar-refractivity contribution is 7.87. The second kappa shape index (κ2) is 10.4. The monoisotopic (exact) mass is 444 g/mol. The fourth-order valence-corrected chi connectivity index (χ4v) is 6.05. The molecule has 0 bridgehead atoms. The van der Waals surface area contributed by atoms with E-state index in [1.54, 1.807) is 24.3 Å². The van der Waals surface area contributed by atoms with Crippen molar-refractivity contribution in [2.24, 2.45) is 0 Å². The Bertz CT molecular complexity index is 950. The molecule has 0 N–H and O–H groups in total. The molecule has 0 heterocycles. The van der Waals surface area contributed by atoms with E-state index >= 15 is 0 Å². The van der Waals surface area contributed by atoms with Crippen LogP contribution in [0.3, 0.4) is 0 Å². The SMILES string of the molecule is COCCOC(=O)CCP(=O)(C(=O)c1c(C)cc(C(C)(C)C)cc1C)c1ccccc1. The highest BCUT2D eigenvalue weighted by Crippen LogP contribution is 2.49. The largest absolute Gasteiger partial charge is 0.463 e. The van der Waals surface area contributed by atoms with Crippen LogP contribution in [-0.2, 0) is 24.2 Å². The number of aryl methyl sites for hydroxylation is 2. The van der Waals surface area contributed by atoms with Gasteiger partial charge in [0, 0.05) is 24.1 Å². The second-order valence-electron chi connectivity index (χ2n) is 8.80. The quantitative estimate of drug-likeness (QED) is 0.309. The van der Waals surface area contributed by atoms with Crippen molar-refractivity contribution in [1.82, 2.24) is 0 Å². The maximum atomic E-state index is 14.2. The molecule has 0 aromatic heterocycles. The van der Waals surface area contributed by atoms with Gasteiger partial charge in [-0.05, 0) is 36.0 Å². The Hall–Kier alpha value is -2.23. The first-order valence-electron chi connectivity index (χ1n) is 10.5. The summed E-state index contributed by atoms with van der Waals surface area (Å²) in [5.41, 5.74) is 2.73. The average molecular weight is 445 g/mol. The summed E-state index contributed by atoms with van der Waals surface area (Å²) in [6, 6.07) is 12.7. The van der Waals surface area contributed by atoms with Crippen molar-refractivity contribution < 1.29 is 23.6 Å². The molecule has 5 nitrogen and oxygen atoms in total. The first-order chi connectivity index (χ1) is 14.5. The van der Waals surface area contributed by atoms with E-state index in [1.165, 1.54) is 7.11 Å². The van der Waals surface area contributed by atoms with E-state index in [-0.39, 0.29) is 24.6 Å². The summed E-state index contributed by atoms with van der Waals surface area (Å²) in [5, 5.41) is 0.461. The Balaban J connectivity index is 2.43. The van der Waals surface area contributed by atoms with E-state index < -0.39 is 18.6 Å². The van der Waals surface area contributed by atoms with Crippen molar-refractivity contribution in [3.05, 3.63) is 64.7 Å². The molecule has 31 heavy (non-hydrogen) atoms. The topological polar surface area (TPSA) is 69.7 Å². The van der Waals surface area contributed by atoms with E-state index in [0.29, 0.717) is 17.5 Å². The Morgan fingerprint density at radius 2 is 1.55 bits per heavy atom. The van der Waals surface area contributed by atoms with Crippen LogP contribution < -0.4 is 5.30 Å². The average Bonchev–Trinajstić information content (AvgIpc) is 2.71. The second-order valence-corrected chi connectivity index (χ2v) is 11.7. The van der Waals surface area contributed by atoms with Gasteiger partial charge in [0.2, 0.25) is 5.52 Å². The number of methoxy groups -OCH3 is 1. The lowest BCUT2D eigenvalue weighted by atomic mass is 9.84. The standard InChI is InChI=1S/C25H33O5P/c1-18-16-20(25(3,4)5)17-19(2)23(18)24(27)31(28,21-10-8-7-9-11-21)15-12-22(26)30-14-13-29-6/h7-11,16-17H,12-15H2,1-6H3. The Morgan fingerprint density at radius 3 is 2.06 bits per heavy atom. The summed E-state index contributed by atoms with van der Waals surface area (Å²) in [6.45, 7) is 10.5. The predicted molar refractivity (Wildman–Crippen MR) is 125 cm³/mol. The maximum absolute atomic E-state index is 14.2. The van der Waals surface area contributed by atoms with E-state index in [0.717, 1.165) is 16.7 Å². The molecule has 0 amide bonds. The van der Waals surface area contributed by atoms with Gasteiger partial charge in [-0.15, -0.1) is 0 Å². The van der Waals surface area contributed by atoms with Crippen molar-refractivity contribution in [2.75, 3.05) is 26.5 Å². The molecule has 0 aliphatic heterocycles. The van der Waals surface area contributed by atoms with Gasteiger partial charge in [0.1, 0.15) is 6.61 Å². The first-order valence-corrected chi connectivity index (χ1v) is 12.4. The summed E-state index contributed by atoms with van der Waals surface area (Å²) in [6.07, 6.45) is -0.165. The summed E-state index contributed by atoms with van der Waals surface area (Å²) < 4.78 is 24.1. The van der Waals surface area contributed by atoms with Crippen LogP contribution in [0.1, 0.15) is 54.2 Å². The minimum Gasteiger partial charge on any atom is -0.463 e. The summed E-state index contributed by atoms with van der Waals surface area (Å²) >= 11 is 0. The Morgan fingerprint density at radius 1 is 0.968 bits per heavy atom. The Labute approximate surface area is 185 Å². The van der Waals surface area contributed by atoms with Crippen LogP contribution in [0, 0.1) is 13.8 Å². The number of carbonyl (C=O) groups excluding carboxylic acids is 2. The van der Waals surface area contributed by atoms with Crippen LogP contribution in [-0.4, -0.2) is 38.0 Å². The molecular weight excluding hydrogens is 411 g/mol. The van der Waals surface area contributed by atoms with E-state index in [1.807, 2.05) is 32.0 Å². The van der Waals surface area contributed by atoms with Gasteiger partial charge in [0.05, 0.1) is 13.0 Å². The van der Waals surface area contributed by atoms with Crippen LogP contribution in [0.4, 0.5) is 0 Å². The van der Waals surface area contributed by atoms with Gasteiger partial charge >= 0.3 is 5.97 Å². The van der Waals surface area contributed by atoms with Gasteiger partial charge in [-0.3, -0.25) is 9.59 Å². The molecule has 168 valence electrons. The lowest BCUT2D eigenvalue weighted by Crippen LogP contribution is -2.21. The molecule has 0 saturated carbocycles. The molecule has 0 radical (unpaired) electrons. The molecule has 0 spiro atoms. The van der Waals surface area contributed by atoms with E-state index in [4.69, 9.17) is 9.47 Å². The summed E-state index contributed by atoms with van der Waals surface area (Å²) in [7, 11) is -2.04. The fourth-order valence-electron chi connectivity index (χ4n) is 3.49. The van der Waals surface area contributed by atoms with Gasteiger partial charge in [0.15, 0.2) is 7.14 Å². The molecule has 0 aliphatic carbocycles. The third-order valence-corrected chi connectivity index (χ3v) is 8.16. The molecule has 1 atom stereocenters. The molecule has 0 fully saturated rings. The predicted octanol–water partition coefficient (Wildman–Crippen LogP) is 5.01. The molecular formula is C25H33O5P. The fraction of sp³-hybridized carbons (Fsp3) is 0.440. The number of ether oxygens (including phenoxy) is 2. The minimum atomic E-state index is -3.56. The lowest BCUT2D eigenvalue weighted by Gasteiger charge is -2.24. The lowest BCUT2D eigenvalue weighted by molar-refractivity contribution is -0.144. The van der Waals surface area contributed by atoms with E-state index in [2.05, 4.69) is 20.8 Å². The smallest absolute Gasteiger partial charge is 0.306 e. The third-order valence-electron chi connectivity index (χ3n) is 5.30. The van der Waals surface area contributed by atoms with Gasteiger partial charge in [-0.2, -0.15) is 0 Å². The third kappa shape index (κ3) is 6.15. The van der Waals surface area contributed by atoms with Gasteiger partial charge in [0.25, 0.3) is 0 Å². The molecule has 1 unspecified atom stereocenters. The first kappa shape index (κ1) is 25.0.